The second-order valence-corrected chi connectivity index (χ2v) is 9.66. The summed E-state index contributed by atoms with van der Waals surface area (Å²) in [7, 11) is -3.03. The van der Waals surface area contributed by atoms with E-state index in [1.807, 2.05) is 0 Å². The summed E-state index contributed by atoms with van der Waals surface area (Å²) < 4.78 is 25.2. The van der Waals surface area contributed by atoms with Gasteiger partial charge >= 0.3 is 0 Å². The van der Waals surface area contributed by atoms with E-state index in [0.29, 0.717) is 17.9 Å². The molecule has 20 heavy (non-hydrogen) atoms. The Balaban J connectivity index is 1.68. The average Bonchev–Trinajstić information content (AvgIpc) is 2.99. The lowest BCUT2D eigenvalue weighted by molar-refractivity contribution is 0.119. The van der Waals surface area contributed by atoms with E-state index in [2.05, 4.69) is 0 Å². The molecule has 0 N–H and O–H groups in total. The number of alkyl halides is 1. The van der Waals surface area contributed by atoms with Gasteiger partial charge in [0.05, 0.1) is 6.26 Å². The Kier molecular flexibility index (Phi) is 4.11. The number of halogens is 1. The predicted molar refractivity (Wildman–Crippen MR) is 82.4 cm³/mol. The Bertz CT molecular complexity index is 466. The summed E-state index contributed by atoms with van der Waals surface area (Å²) in [4.78, 5) is 0. The van der Waals surface area contributed by atoms with Crippen LogP contribution in [0.2, 0.25) is 0 Å². The summed E-state index contributed by atoms with van der Waals surface area (Å²) in [6, 6.07) is 0. The van der Waals surface area contributed by atoms with E-state index in [4.69, 9.17) is 11.6 Å². The van der Waals surface area contributed by atoms with Gasteiger partial charge in [-0.15, -0.1) is 11.6 Å². The standard InChI is InChI=1S/C15H26ClNO2S/c1-20(18,19)17-6-2-3-13(10-17)9-15(11-16)8-12-4-5-14(15)7-12/h12-14H,2-11H2,1H3. The maximum Gasteiger partial charge on any atom is 0.211 e. The highest BCUT2D eigenvalue weighted by atomic mass is 35.5. The molecule has 0 aromatic carbocycles. The molecule has 0 amide bonds. The Morgan fingerprint density at radius 3 is 2.65 bits per heavy atom. The highest BCUT2D eigenvalue weighted by Gasteiger charge is 2.51. The van der Waals surface area contributed by atoms with Crippen LogP contribution < -0.4 is 0 Å². The van der Waals surface area contributed by atoms with Crippen LogP contribution in [-0.2, 0) is 10.0 Å². The summed E-state index contributed by atoms with van der Waals surface area (Å²) in [6.07, 6.45) is 10.1. The topological polar surface area (TPSA) is 37.4 Å². The fourth-order valence-electron chi connectivity index (χ4n) is 5.10. The van der Waals surface area contributed by atoms with E-state index in [1.54, 1.807) is 4.31 Å². The highest BCUT2D eigenvalue weighted by Crippen LogP contribution is 2.59. The molecule has 0 aromatic heterocycles. The highest BCUT2D eigenvalue weighted by molar-refractivity contribution is 7.88. The third kappa shape index (κ3) is 2.76. The summed E-state index contributed by atoms with van der Waals surface area (Å²) in [5.41, 5.74) is 0.315. The van der Waals surface area contributed by atoms with Crippen LogP contribution in [0.15, 0.2) is 0 Å². The first-order valence-corrected chi connectivity index (χ1v) is 10.3. The Labute approximate surface area is 128 Å². The lowest BCUT2D eigenvalue weighted by Gasteiger charge is -2.41. The van der Waals surface area contributed by atoms with Gasteiger partial charge in [0.15, 0.2) is 0 Å². The van der Waals surface area contributed by atoms with Gasteiger partial charge in [-0.1, -0.05) is 6.42 Å². The molecule has 0 aromatic rings. The second-order valence-electron chi connectivity index (χ2n) is 7.41. The molecule has 2 bridgehead atoms. The van der Waals surface area contributed by atoms with E-state index < -0.39 is 10.0 Å². The third-order valence-corrected chi connectivity index (χ3v) is 7.82. The summed E-state index contributed by atoms with van der Waals surface area (Å²) in [6.45, 7) is 1.42. The predicted octanol–water partition coefficient (Wildman–Crippen LogP) is 3.09. The van der Waals surface area contributed by atoms with Crippen molar-refractivity contribution in [2.24, 2.45) is 23.2 Å². The van der Waals surface area contributed by atoms with Crippen LogP contribution in [0.3, 0.4) is 0 Å². The maximum absolute atomic E-state index is 11.7. The molecule has 3 rings (SSSR count). The molecule has 1 aliphatic heterocycles. The zero-order chi connectivity index (χ0) is 14.4. The quantitative estimate of drug-likeness (QED) is 0.747. The normalized spacial score (nSPS) is 42.2. The monoisotopic (exact) mass is 319 g/mol. The summed E-state index contributed by atoms with van der Waals surface area (Å²) in [5, 5.41) is 0. The van der Waals surface area contributed by atoms with Crippen molar-refractivity contribution in [2.45, 2.75) is 44.9 Å². The molecule has 0 spiro atoms. The molecule has 116 valence electrons. The number of hydrogen-bond acceptors (Lipinski definition) is 2. The molecule has 4 atom stereocenters. The molecule has 4 unspecified atom stereocenters. The smallest absolute Gasteiger partial charge is 0.211 e. The molecule has 1 heterocycles. The van der Waals surface area contributed by atoms with Gasteiger partial charge in [-0.05, 0) is 61.7 Å². The first kappa shape index (κ1) is 15.1. The van der Waals surface area contributed by atoms with Crippen LogP contribution >= 0.6 is 11.6 Å². The minimum atomic E-state index is -3.03. The number of nitrogens with zero attached hydrogens (tertiary/aromatic N) is 1. The number of rotatable bonds is 4. The van der Waals surface area contributed by atoms with Crippen molar-refractivity contribution in [1.29, 1.82) is 0 Å². The summed E-state index contributed by atoms with van der Waals surface area (Å²) >= 11 is 6.37. The minimum absolute atomic E-state index is 0.315. The molecule has 0 radical (unpaired) electrons. The number of sulfonamides is 1. The van der Waals surface area contributed by atoms with Crippen molar-refractivity contribution in [3.8, 4) is 0 Å². The Morgan fingerprint density at radius 2 is 2.10 bits per heavy atom. The molecular formula is C15H26ClNO2S. The molecule has 2 aliphatic carbocycles. The first-order valence-electron chi connectivity index (χ1n) is 7.94. The second kappa shape index (κ2) is 5.44. The van der Waals surface area contributed by atoms with Gasteiger partial charge in [0.1, 0.15) is 0 Å². The minimum Gasteiger partial charge on any atom is -0.213 e. The van der Waals surface area contributed by atoms with Crippen molar-refractivity contribution < 1.29 is 8.42 Å². The molecule has 3 nitrogen and oxygen atoms in total. The van der Waals surface area contributed by atoms with Crippen LogP contribution in [0.25, 0.3) is 0 Å². The SMILES string of the molecule is CS(=O)(=O)N1CCCC(CC2(CCl)CC3CCC2C3)C1. The first-order chi connectivity index (χ1) is 9.43. The van der Waals surface area contributed by atoms with E-state index in [1.165, 1.54) is 38.4 Å². The van der Waals surface area contributed by atoms with Gasteiger partial charge in [0, 0.05) is 19.0 Å². The van der Waals surface area contributed by atoms with Gasteiger partial charge in [0.2, 0.25) is 10.0 Å². The lowest BCUT2D eigenvalue weighted by atomic mass is 9.68. The van der Waals surface area contributed by atoms with Gasteiger partial charge in [-0.3, -0.25) is 0 Å². The lowest BCUT2D eigenvalue weighted by Crippen LogP contribution is -2.42. The van der Waals surface area contributed by atoms with E-state index in [0.717, 1.165) is 37.1 Å². The van der Waals surface area contributed by atoms with E-state index >= 15 is 0 Å². The van der Waals surface area contributed by atoms with Crippen LogP contribution in [0, 0.1) is 23.2 Å². The van der Waals surface area contributed by atoms with Gasteiger partial charge in [-0.25, -0.2) is 12.7 Å². The molecule has 2 saturated carbocycles. The van der Waals surface area contributed by atoms with Crippen LogP contribution in [-0.4, -0.2) is 37.9 Å². The van der Waals surface area contributed by atoms with Crippen molar-refractivity contribution in [3.63, 3.8) is 0 Å². The number of piperidine rings is 1. The van der Waals surface area contributed by atoms with Gasteiger partial charge < -0.3 is 0 Å². The molecule has 5 heteroatoms. The summed E-state index contributed by atoms with van der Waals surface area (Å²) in [5.74, 6) is 2.98. The molecule has 1 saturated heterocycles. The molecular weight excluding hydrogens is 294 g/mol. The third-order valence-electron chi connectivity index (χ3n) is 6.01. The largest absolute Gasteiger partial charge is 0.213 e. The number of fused-ring (bicyclic) bond motifs is 2. The fourth-order valence-corrected chi connectivity index (χ4v) is 6.47. The van der Waals surface area contributed by atoms with E-state index in [9.17, 15) is 8.42 Å². The Hall–Kier alpha value is 0.200. The zero-order valence-electron chi connectivity index (χ0n) is 12.4. The van der Waals surface area contributed by atoms with Gasteiger partial charge in [-0.2, -0.15) is 0 Å². The van der Waals surface area contributed by atoms with Crippen LogP contribution in [0.1, 0.15) is 44.9 Å². The van der Waals surface area contributed by atoms with Crippen molar-refractivity contribution in [2.75, 3.05) is 25.2 Å². The molecule has 3 aliphatic rings. The van der Waals surface area contributed by atoms with E-state index in [-0.39, 0.29) is 0 Å². The van der Waals surface area contributed by atoms with Crippen molar-refractivity contribution in [3.05, 3.63) is 0 Å². The van der Waals surface area contributed by atoms with Crippen molar-refractivity contribution in [1.82, 2.24) is 4.31 Å². The number of hydrogen-bond donors (Lipinski definition) is 0. The Morgan fingerprint density at radius 1 is 1.30 bits per heavy atom. The fraction of sp³-hybridized carbons (Fsp3) is 1.00. The maximum atomic E-state index is 11.7. The molecule has 3 fully saturated rings. The van der Waals surface area contributed by atoms with Crippen LogP contribution in [0.5, 0.6) is 0 Å². The van der Waals surface area contributed by atoms with Gasteiger partial charge in [0.25, 0.3) is 0 Å². The van der Waals surface area contributed by atoms with Crippen molar-refractivity contribution >= 4 is 21.6 Å². The zero-order valence-corrected chi connectivity index (χ0v) is 13.9. The average molecular weight is 320 g/mol. The van der Waals surface area contributed by atoms with Crippen LogP contribution in [0.4, 0.5) is 0 Å².